The normalized spacial score (nSPS) is 13.1. The summed E-state index contributed by atoms with van der Waals surface area (Å²) < 4.78 is 0. The molecule has 0 aromatic rings. The third kappa shape index (κ3) is 12.5. The highest BCUT2D eigenvalue weighted by Crippen LogP contribution is 2.07. The molecule has 150 valence electrons. The van der Waals surface area contributed by atoms with Gasteiger partial charge >= 0.3 is 0 Å². The van der Waals surface area contributed by atoms with E-state index in [0.717, 1.165) is 45.2 Å². The summed E-state index contributed by atoms with van der Waals surface area (Å²) in [7, 11) is 3.79. The number of hydrogen-bond donors (Lipinski definition) is 4. The predicted octanol–water partition coefficient (Wildman–Crippen LogP) is 1.08. The molecule has 0 saturated carbocycles. The molecule has 0 bridgehead atoms. The van der Waals surface area contributed by atoms with E-state index in [4.69, 9.17) is 0 Å². The molecule has 7 nitrogen and oxygen atoms in total. The van der Waals surface area contributed by atoms with Gasteiger partial charge in [-0.05, 0) is 66.2 Å². The highest BCUT2D eigenvalue weighted by molar-refractivity contribution is 5.90. The number of nitrogens with one attached hydrogen (secondary N) is 4. The molecule has 0 rings (SSSR count). The van der Waals surface area contributed by atoms with Crippen LogP contribution in [0.2, 0.25) is 0 Å². The number of carbonyl (C=O) groups is 3. The van der Waals surface area contributed by atoms with Gasteiger partial charge in [0, 0.05) is 8.77 Å². The SMILES string of the molecule is CNCCCCC(C)C(=O)NCC(=O)NC(CCCCNC)C(C)=O.[HH].[HH]. The minimum Gasteiger partial charge on any atom is -0.347 e. The smallest absolute Gasteiger partial charge is 0.239 e. The van der Waals surface area contributed by atoms with E-state index in [1.54, 1.807) is 0 Å². The summed E-state index contributed by atoms with van der Waals surface area (Å²) >= 11 is 0. The Balaban J connectivity index is -0.00000288. The van der Waals surface area contributed by atoms with Crippen LogP contribution in [-0.4, -0.2) is 57.4 Å². The molecule has 0 saturated heterocycles. The van der Waals surface area contributed by atoms with Gasteiger partial charge in [-0.25, -0.2) is 0 Å². The van der Waals surface area contributed by atoms with Gasteiger partial charge in [-0.1, -0.05) is 13.3 Å². The molecule has 0 aliphatic heterocycles. The molecule has 0 aromatic heterocycles. The van der Waals surface area contributed by atoms with Crippen LogP contribution in [0.15, 0.2) is 0 Å². The van der Waals surface area contributed by atoms with Gasteiger partial charge in [0.2, 0.25) is 11.8 Å². The summed E-state index contributed by atoms with van der Waals surface area (Å²) in [5, 5.41) is 11.5. The molecular formula is C18H40N4O3. The Kier molecular flexibility index (Phi) is 14.0. The van der Waals surface area contributed by atoms with E-state index in [2.05, 4.69) is 21.3 Å². The second-order valence-corrected chi connectivity index (χ2v) is 6.55. The zero-order chi connectivity index (χ0) is 19.1. The van der Waals surface area contributed by atoms with Crippen molar-refractivity contribution < 1.29 is 17.2 Å². The monoisotopic (exact) mass is 360 g/mol. The van der Waals surface area contributed by atoms with Crippen molar-refractivity contribution >= 4 is 17.6 Å². The second-order valence-electron chi connectivity index (χ2n) is 6.55. The average molecular weight is 361 g/mol. The van der Waals surface area contributed by atoms with Crippen molar-refractivity contribution in [1.82, 2.24) is 21.3 Å². The van der Waals surface area contributed by atoms with Crippen molar-refractivity contribution in [2.24, 2.45) is 5.92 Å². The minimum absolute atomic E-state index is 0. The van der Waals surface area contributed by atoms with Crippen molar-refractivity contribution in [3.05, 3.63) is 0 Å². The quantitative estimate of drug-likeness (QED) is 0.328. The number of Topliss-reactive ketones (excluding diaryl/α,β-unsaturated/α-hetero) is 1. The number of carbonyl (C=O) groups excluding carboxylic acids is 3. The largest absolute Gasteiger partial charge is 0.347 e. The molecule has 0 aromatic carbocycles. The summed E-state index contributed by atoms with van der Waals surface area (Å²) in [4.78, 5) is 35.6. The van der Waals surface area contributed by atoms with Gasteiger partial charge in [-0.3, -0.25) is 14.4 Å². The van der Waals surface area contributed by atoms with Gasteiger partial charge in [0.05, 0.1) is 12.6 Å². The lowest BCUT2D eigenvalue weighted by molar-refractivity contribution is -0.129. The fraction of sp³-hybridized carbons (Fsp3) is 0.833. The molecule has 0 fully saturated rings. The molecule has 7 heteroatoms. The highest BCUT2D eigenvalue weighted by atomic mass is 16.2. The Labute approximate surface area is 155 Å². The lowest BCUT2D eigenvalue weighted by atomic mass is 10.0. The van der Waals surface area contributed by atoms with E-state index in [1.165, 1.54) is 6.92 Å². The van der Waals surface area contributed by atoms with Crippen LogP contribution in [0.1, 0.15) is 55.2 Å². The first kappa shape index (κ1) is 23.5. The van der Waals surface area contributed by atoms with Crippen molar-refractivity contribution in [1.29, 1.82) is 0 Å². The Morgan fingerprint density at radius 3 is 2.00 bits per heavy atom. The van der Waals surface area contributed by atoms with Crippen molar-refractivity contribution in [2.45, 2.75) is 58.4 Å². The third-order valence-electron chi connectivity index (χ3n) is 4.18. The summed E-state index contributed by atoms with van der Waals surface area (Å²) in [6, 6.07) is -0.472. The second kappa shape index (κ2) is 14.8. The molecule has 0 spiro atoms. The third-order valence-corrected chi connectivity index (χ3v) is 4.18. The van der Waals surface area contributed by atoms with Gasteiger partial charge in [0.25, 0.3) is 0 Å². The molecule has 2 atom stereocenters. The number of hydrogen-bond acceptors (Lipinski definition) is 5. The number of ketones is 1. The Morgan fingerprint density at radius 2 is 1.48 bits per heavy atom. The first-order chi connectivity index (χ1) is 11.9. The highest BCUT2D eigenvalue weighted by Gasteiger charge is 2.18. The van der Waals surface area contributed by atoms with E-state index in [-0.39, 0.29) is 32.9 Å². The van der Waals surface area contributed by atoms with Crippen LogP contribution in [0, 0.1) is 5.92 Å². The summed E-state index contributed by atoms with van der Waals surface area (Å²) in [5.41, 5.74) is 0. The first-order valence-corrected chi connectivity index (χ1v) is 9.29. The Morgan fingerprint density at radius 1 is 0.920 bits per heavy atom. The van der Waals surface area contributed by atoms with Crippen LogP contribution in [-0.2, 0) is 14.4 Å². The Bertz CT molecular complexity index is 412. The van der Waals surface area contributed by atoms with Gasteiger partial charge in [0.1, 0.15) is 0 Å². The van der Waals surface area contributed by atoms with Crippen molar-refractivity contribution in [3.63, 3.8) is 0 Å². The summed E-state index contributed by atoms with van der Waals surface area (Å²) in [6.07, 6.45) is 5.25. The van der Waals surface area contributed by atoms with E-state index >= 15 is 0 Å². The maximum absolute atomic E-state index is 12.0. The zero-order valence-corrected chi connectivity index (χ0v) is 16.2. The zero-order valence-electron chi connectivity index (χ0n) is 16.2. The van der Waals surface area contributed by atoms with E-state index < -0.39 is 6.04 Å². The number of amides is 2. The van der Waals surface area contributed by atoms with Gasteiger partial charge < -0.3 is 21.3 Å². The molecule has 0 heterocycles. The fourth-order valence-electron chi connectivity index (χ4n) is 2.50. The number of rotatable bonds is 15. The summed E-state index contributed by atoms with van der Waals surface area (Å²) in [6.45, 7) is 5.10. The first-order valence-electron chi connectivity index (χ1n) is 9.29. The average Bonchev–Trinajstić information content (AvgIpc) is 2.58. The lowest BCUT2D eigenvalue weighted by Gasteiger charge is -2.17. The molecule has 0 aliphatic carbocycles. The van der Waals surface area contributed by atoms with Crippen LogP contribution in [0.3, 0.4) is 0 Å². The molecule has 0 aliphatic rings. The van der Waals surface area contributed by atoms with Gasteiger partial charge in [-0.2, -0.15) is 0 Å². The lowest BCUT2D eigenvalue weighted by Crippen LogP contribution is -2.45. The topological polar surface area (TPSA) is 99.3 Å². The van der Waals surface area contributed by atoms with E-state index in [1.807, 2.05) is 21.0 Å². The molecule has 2 amide bonds. The minimum atomic E-state index is -0.472. The maximum Gasteiger partial charge on any atom is 0.239 e. The van der Waals surface area contributed by atoms with Crippen LogP contribution in [0.4, 0.5) is 0 Å². The van der Waals surface area contributed by atoms with E-state index in [0.29, 0.717) is 6.42 Å². The van der Waals surface area contributed by atoms with E-state index in [9.17, 15) is 14.4 Å². The van der Waals surface area contributed by atoms with Crippen LogP contribution < -0.4 is 21.3 Å². The van der Waals surface area contributed by atoms with Crippen molar-refractivity contribution in [3.8, 4) is 0 Å². The molecule has 2 unspecified atom stereocenters. The Hall–Kier alpha value is -1.47. The molecular weight excluding hydrogens is 320 g/mol. The number of unbranched alkanes of at least 4 members (excludes halogenated alkanes) is 2. The standard InChI is InChI=1S/C18H36N4O3.2H2/c1-14(9-5-7-11-19-3)18(25)21-13-17(24)22-16(15(2)23)10-6-8-12-20-4;;/h14,16,19-20H,5-13H2,1-4H3,(H,21,25)(H,22,24);2*1H. The maximum atomic E-state index is 12.0. The van der Waals surface area contributed by atoms with Gasteiger partial charge in [0.15, 0.2) is 5.78 Å². The van der Waals surface area contributed by atoms with Crippen LogP contribution in [0.5, 0.6) is 0 Å². The van der Waals surface area contributed by atoms with Gasteiger partial charge in [-0.15, -0.1) is 0 Å². The predicted molar refractivity (Wildman–Crippen MR) is 105 cm³/mol. The summed E-state index contributed by atoms with van der Waals surface area (Å²) in [5.74, 6) is -0.602. The van der Waals surface area contributed by atoms with Crippen molar-refractivity contribution in [2.75, 3.05) is 33.7 Å². The fourth-order valence-corrected chi connectivity index (χ4v) is 2.50. The van der Waals surface area contributed by atoms with Crippen LogP contribution in [0.25, 0.3) is 0 Å². The molecule has 4 N–H and O–H groups in total. The molecule has 0 radical (unpaired) electrons. The molecule has 25 heavy (non-hydrogen) atoms. The van der Waals surface area contributed by atoms with Crippen LogP contribution >= 0.6 is 0 Å².